The number of phenolic OH excluding ortho intramolecular Hbond substituents is 1. The Kier molecular flexibility index (Phi) is 4.73. The van der Waals surface area contributed by atoms with E-state index in [4.69, 9.17) is 0 Å². The summed E-state index contributed by atoms with van der Waals surface area (Å²) in [4.78, 5) is 12.5. The first-order chi connectivity index (χ1) is 11.9. The topological polar surface area (TPSA) is 86.7 Å². The number of nitrogens with one attached hydrogen (secondary N) is 1. The molecule has 132 valence electrons. The Morgan fingerprint density at radius 2 is 1.76 bits per heavy atom. The number of amides is 1. The van der Waals surface area contributed by atoms with E-state index >= 15 is 0 Å². The molecule has 0 bridgehead atoms. The van der Waals surface area contributed by atoms with Gasteiger partial charge in [-0.2, -0.15) is 4.31 Å². The average molecular weight is 364 g/mol. The van der Waals surface area contributed by atoms with Crippen molar-refractivity contribution in [3.8, 4) is 5.75 Å². The first-order valence-electron chi connectivity index (χ1n) is 7.75. The summed E-state index contributed by atoms with van der Waals surface area (Å²) in [6.07, 6.45) is 0.971. The summed E-state index contributed by atoms with van der Waals surface area (Å²) in [5, 5.41) is 11.9. The molecule has 0 aromatic heterocycles. The SMILES string of the molecule is O=C(Nc1ccc(O)cc1)[C@H]1CCCN1S(=O)(=O)c1ccc(F)cc1. The third-order valence-electron chi connectivity index (χ3n) is 4.06. The van der Waals surface area contributed by atoms with Crippen molar-refractivity contribution in [1.82, 2.24) is 4.31 Å². The number of carbonyl (C=O) groups is 1. The highest BCUT2D eigenvalue weighted by Crippen LogP contribution is 2.27. The lowest BCUT2D eigenvalue weighted by Gasteiger charge is -2.23. The predicted molar refractivity (Wildman–Crippen MR) is 90.1 cm³/mol. The van der Waals surface area contributed by atoms with Crippen LogP contribution in [0.4, 0.5) is 10.1 Å². The van der Waals surface area contributed by atoms with Crippen LogP contribution in [-0.4, -0.2) is 36.3 Å². The highest BCUT2D eigenvalue weighted by Gasteiger charge is 2.39. The molecule has 25 heavy (non-hydrogen) atoms. The molecule has 1 saturated heterocycles. The third-order valence-corrected chi connectivity index (χ3v) is 5.98. The molecule has 1 amide bonds. The van der Waals surface area contributed by atoms with Gasteiger partial charge in [-0.05, 0) is 61.4 Å². The van der Waals surface area contributed by atoms with Crippen molar-refractivity contribution in [2.45, 2.75) is 23.8 Å². The van der Waals surface area contributed by atoms with Gasteiger partial charge in [0, 0.05) is 12.2 Å². The Morgan fingerprint density at radius 3 is 2.40 bits per heavy atom. The van der Waals surface area contributed by atoms with Crippen LogP contribution in [0.3, 0.4) is 0 Å². The lowest BCUT2D eigenvalue weighted by molar-refractivity contribution is -0.119. The number of hydrogen-bond donors (Lipinski definition) is 2. The number of sulfonamides is 1. The number of aromatic hydroxyl groups is 1. The maximum absolute atomic E-state index is 13.0. The minimum atomic E-state index is -3.88. The smallest absolute Gasteiger partial charge is 0.243 e. The number of hydrogen-bond acceptors (Lipinski definition) is 4. The van der Waals surface area contributed by atoms with Crippen molar-refractivity contribution in [2.24, 2.45) is 0 Å². The van der Waals surface area contributed by atoms with Gasteiger partial charge in [0.05, 0.1) is 4.90 Å². The lowest BCUT2D eigenvalue weighted by atomic mass is 10.2. The van der Waals surface area contributed by atoms with Crippen LogP contribution < -0.4 is 5.32 Å². The van der Waals surface area contributed by atoms with E-state index in [9.17, 15) is 22.7 Å². The Morgan fingerprint density at radius 1 is 1.12 bits per heavy atom. The van der Waals surface area contributed by atoms with Crippen LogP contribution >= 0.6 is 0 Å². The maximum atomic E-state index is 13.0. The van der Waals surface area contributed by atoms with E-state index in [0.717, 1.165) is 16.4 Å². The summed E-state index contributed by atoms with van der Waals surface area (Å²) in [6, 6.07) is 9.62. The zero-order chi connectivity index (χ0) is 18.0. The van der Waals surface area contributed by atoms with Gasteiger partial charge < -0.3 is 10.4 Å². The molecule has 1 fully saturated rings. The van der Waals surface area contributed by atoms with Crippen LogP contribution in [0, 0.1) is 5.82 Å². The second-order valence-corrected chi connectivity index (χ2v) is 7.65. The van der Waals surface area contributed by atoms with Gasteiger partial charge in [-0.1, -0.05) is 0 Å². The van der Waals surface area contributed by atoms with Gasteiger partial charge in [0.2, 0.25) is 15.9 Å². The second-order valence-electron chi connectivity index (χ2n) is 5.76. The van der Waals surface area contributed by atoms with Crippen molar-refractivity contribution >= 4 is 21.6 Å². The number of anilines is 1. The Labute approximate surface area is 144 Å². The van der Waals surface area contributed by atoms with Crippen molar-refractivity contribution in [1.29, 1.82) is 0 Å². The number of nitrogens with zero attached hydrogens (tertiary/aromatic N) is 1. The summed E-state index contributed by atoms with van der Waals surface area (Å²) in [5.74, 6) is -0.893. The monoisotopic (exact) mass is 364 g/mol. The van der Waals surface area contributed by atoms with E-state index in [1.165, 1.54) is 36.4 Å². The van der Waals surface area contributed by atoms with E-state index < -0.39 is 27.8 Å². The van der Waals surface area contributed by atoms with Crippen molar-refractivity contribution in [3.63, 3.8) is 0 Å². The van der Waals surface area contributed by atoms with E-state index in [1.807, 2.05) is 0 Å². The van der Waals surface area contributed by atoms with E-state index in [0.29, 0.717) is 18.5 Å². The zero-order valence-corrected chi connectivity index (χ0v) is 14.0. The van der Waals surface area contributed by atoms with Crippen LogP contribution in [0.1, 0.15) is 12.8 Å². The molecular weight excluding hydrogens is 347 g/mol. The number of rotatable bonds is 4. The van der Waals surface area contributed by atoms with Gasteiger partial charge in [0.1, 0.15) is 17.6 Å². The normalized spacial score (nSPS) is 18.2. The average Bonchev–Trinajstić information content (AvgIpc) is 3.08. The largest absolute Gasteiger partial charge is 0.508 e. The molecule has 2 N–H and O–H groups in total. The summed E-state index contributed by atoms with van der Waals surface area (Å²) < 4.78 is 39.7. The first-order valence-corrected chi connectivity index (χ1v) is 9.19. The van der Waals surface area contributed by atoms with Gasteiger partial charge in [-0.15, -0.1) is 0 Å². The molecule has 0 spiro atoms. The molecule has 0 aliphatic carbocycles. The molecule has 2 aromatic rings. The van der Waals surface area contributed by atoms with Crippen LogP contribution in [0.15, 0.2) is 53.4 Å². The Balaban J connectivity index is 1.80. The molecule has 2 aromatic carbocycles. The van der Waals surface area contributed by atoms with E-state index in [-0.39, 0.29) is 17.2 Å². The fourth-order valence-corrected chi connectivity index (χ4v) is 4.46. The zero-order valence-electron chi connectivity index (χ0n) is 13.2. The third kappa shape index (κ3) is 3.64. The van der Waals surface area contributed by atoms with Gasteiger partial charge in [0.25, 0.3) is 0 Å². The quantitative estimate of drug-likeness (QED) is 0.815. The fraction of sp³-hybridized carbons (Fsp3) is 0.235. The van der Waals surface area contributed by atoms with Gasteiger partial charge >= 0.3 is 0 Å². The summed E-state index contributed by atoms with van der Waals surface area (Å²) >= 11 is 0. The molecule has 1 aliphatic heterocycles. The summed E-state index contributed by atoms with van der Waals surface area (Å²) in [6.45, 7) is 0.230. The lowest BCUT2D eigenvalue weighted by Crippen LogP contribution is -2.43. The summed E-state index contributed by atoms with van der Waals surface area (Å²) in [5.41, 5.74) is 0.467. The van der Waals surface area contributed by atoms with E-state index in [1.54, 1.807) is 0 Å². The van der Waals surface area contributed by atoms with Crippen molar-refractivity contribution < 1.29 is 22.7 Å². The highest BCUT2D eigenvalue weighted by atomic mass is 32.2. The molecule has 0 saturated carbocycles. The predicted octanol–water partition coefficient (Wildman–Crippen LogP) is 2.32. The Hall–Kier alpha value is -2.45. The first kappa shape index (κ1) is 17.4. The van der Waals surface area contributed by atoms with Crippen molar-refractivity contribution in [2.75, 3.05) is 11.9 Å². The van der Waals surface area contributed by atoms with Crippen LogP contribution in [0.5, 0.6) is 5.75 Å². The maximum Gasteiger partial charge on any atom is 0.243 e. The van der Waals surface area contributed by atoms with Crippen molar-refractivity contribution in [3.05, 3.63) is 54.3 Å². The Bertz CT molecular complexity index is 867. The second kappa shape index (κ2) is 6.81. The number of benzene rings is 2. The number of carbonyl (C=O) groups excluding carboxylic acids is 1. The van der Waals surface area contributed by atoms with Gasteiger partial charge in [-0.3, -0.25) is 4.79 Å². The standard InChI is InChI=1S/C17H17FN2O4S/c18-12-3-9-15(10-4-12)25(23,24)20-11-1-2-16(20)17(22)19-13-5-7-14(21)8-6-13/h3-10,16,21H,1-2,11H2,(H,19,22)/t16-/m1/s1. The van der Waals surface area contributed by atoms with Crippen LogP contribution in [0.25, 0.3) is 0 Å². The fourth-order valence-electron chi connectivity index (χ4n) is 2.80. The summed E-state index contributed by atoms with van der Waals surface area (Å²) in [7, 11) is -3.88. The molecule has 1 atom stereocenters. The highest BCUT2D eigenvalue weighted by molar-refractivity contribution is 7.89. The molecule has 0 unspecified atom stereocenters. The molecular formula is C17H17FN2O4S. The number of halogens is 1. The minimum absolute atomic E-state index is 0.0433. The van der Waals surface area contributed by atoms with E-state index in [2.05, 4.69) is 5.32 Å². The van der Waals surface area contributed by atoms with Gasteiger partial charge in [-0.25, -0.2) is 12.8 Å². The van der Waals surface area contributed by atoms with Crippen LogP contribution in [-0.2, 0) is 14.8 Å². The molecule has 3 rings (SSSR count). The molecule has 8 heteroatoms. The van der Waals surface area contributed by atoms with Crippen LogP contribution in [0.2, 0.25) is 0 Å². The minimum Gasteiger partial charge on any atom is -0.508 e. The molecule has 0 radical (unpaired) electrons. The molecule has 6 nitrogen and oxygen atoms in total. The number of phenols is 1. The molecule has 1 aliphatic rings. The van der Waals surface area contributed by atoms with Gasteiger partial charge in [0.15, 0.2) is 0 Å². The molecule has 1 heterocycles.